The number of hydrogen-bond donors (Lipinski definition) is 1. The van der Waals surface area contributed by atoms with E-state index in [4.69, 9.17) is 16.9 Å². The Morgan fingerprint density at radius 1 is 1.41 bits per heavy atom. The Bertz CT molecular complexity index is 624. The van der Waals surface area contributed by atoms with Crippen molar-refractivity contribution in [3.63, 3.8) is 0 Å². The van der Waals surface area contributed by atoms with E-state index in [1.54, 1.807) is 4.68 Å². The normalized spacial score (nSPS) is 13.4. The van der Waals surface area contributed by atoms with Crippen LogP contribution in [0.2, 0.25) is 5.02 Å². The first-order chi connectivity index (χ1) is 8.29. The van der Waals surface area contributed by atoms with Crippen LogP contribution in [-0.4, -0.2) is 9.78 Å². The van der Waals surface area contributed by atoms with Crippen LogP contribution in [0.25, 0.3) is 5.69 Å². The van der Waals surface area contributed by atoms with Crippen LogP contribution < -0.4 is 5.32 Å². The van der Waals surface area contributed by atoms with Gasteiger partial charge in [0, 0.05) is 23.7 Å². The Labute approximate surface area is 103 Å². The lowest BCUT2D eigenvalue weighted by atomic mass is 10.2. The summed E-state index contributed by atoms with van der Waals surface area (Å²) in [6.45, 7) is 1.44. The van der Waals surface area contributed by atoms with Crippen molar-refractivity contribution < 1.29 is 0 Å². The molecule has 2 aromatic rings. The highest BCUT2D eigenvalue weighted by molar-refractivity contribution is 6.30. The second kappa shape index (κ2) is 3.88. The molecule has 17 heavy (non-hydrogen) atoms. The van der Waals surface area contributed by atoms with Crippen LogP contribution in [0.5, 0.6) is 0 Å². The highest BCUT2D eigenvalue weighted by Crippen LogP contribution is 2.23. The van der Waals surface area contributed by atoms with E-state index in [1.807, 2.05) is 24.3 Å². The summed E-state index contributed by atoms with van der Waals surface area (Å²) >= 11 is 5.96. The molecule has 2 heterocycles. The number of rotatable bonds is 1. The van der Waals surface area contributed by atoms with Crippen molar-refractivity contribution in [3.05, 3.63) is 46.2 Å². The second-order valence-electron chi connectivity index (χ2n) is 3.88. The summed E-state index contributed by atoms with van der Waals surface area (Å²) in [6, 6.07) is 9.59. The molecule has 0 amide bonds. The number of benzene rings is 1. The van der Waals surface area contributed by atoms with Crippen molar-refractivity contribution in [1.82, 2.24) is 15.1 Å². The first-order valence-electron chi connectivity index (χ1n) is 5.27. The lowest BCUT2D eigenvalue weighted by Crippen LogP contribution is -2.08. The Morgan fingerprint density at radius 3 is 3.06 bits per heavy atom. The summed E-state index contributed by atoms with van der Waals surface area (Å²) in [4.78, 5) is 0. The Morgan fingerprint density at radius 2 is 2.29 bits per heavy atom. The molecular formula is C12H9ClN4. The van der Waals surface area contributed by atoms with Crippen molar-refractivity contribution in [3.8, 4) is 11.8 Å². The van der Waals surface area contributed by atoms with E-state index in [-0.39, 0.29) is 0 Å². The standard InChI is InChI=1S/C12H9ClN4/c13-8-2-1-3-9(4-8)17-12-7-15-6-10(12)11(5-14)16-17/h1-4,15H,6-7H2. The third-order valence-corrected chi connectivity index (χ3v) is 3.08. The lowest BCUT2D eigenvalue weighted by molar-refractivity contribution is 0.708. The van der Waals surface area contributed by atoms with Crippen LogP contribution in [0.15, 0.2) is 24.3 Å². The molecule has 0 spiro atoms. The molecule has 0 bridgehead atoms. The molecule has 0 radical (unpaired) electrons. The highest BCUT2D eigenvalue weighted by atomic mass is 35.5. The van der Waals surface area contributed by atoms with Gasteiger partial charge in [-0.1, -0.05) is 17.7 Å². The largest absolute Gasteiger partial charge is 0.307 e. The number of nitriles is 1. The fourth-order valence-corrected chi connectivity index (χ4v) is 2.25. The zero-order chi connectivity index (χ0) is 11.8. The molecule has 1 aromatic carbocycles. The molecule has 1 N–H and O–H groups in total. The third kappa shape index (κ3) is 1.60. The molecule has 0 aliphatic carbocycles. The zero-order valence-electron chi connectivity index (χ0n) is 8.94. The highest BCUT2D eigenvalue weighted by Gasteiger charge is 2.22. The van der Waals surface area contributed by atoms with Gasteiger partial charge < -0.3 is 5.32 Å². The van der Waals surface area contributed by atoms with Gasteiger partial charge in [-0.3, -0.25) is 0 Å². The Kier molecular flexibility index (Phi) is 2.36. The molecule has 0 fully saturated rings. The van der Waals surface area contributed by atoms with E-state index in [0.717, 1.165) is 23.5 Å². The minimum atomic E-state index is 0.491. The van der Waals surface area contributed by atoms with Crippen molar-refractivity contribution in [1.29, 1.82) is 5.26 Å². The predicted octanol–water partition coefficient (Wildman–Crippen LogP) is 2.00. The number of nitrogens with one attached hydrogen (secondary N) is 1. The Balaban J connectivity index is 2.19. The second-order valence-corrected chi connectivity index (χ2v) is 4.32. The number of aromatic nitrogens is 2. The Hall–Kier alpha value is -1.83. The summed E-state index contributed by atoms with van der Waals surface area (Å²) in [7, 11) is 0. The summed E-state index contributed by atoms with van der Waals surface area (Å²) in [5.41, 5.74) is 3.42. The van der Waals surface area contributed by atoms with Crippen LogP contribution in [0.3, 0.4) is 0 Å². The number of halogens is 1. The van der Waals surface area contributed by atoms with Crippen LogP contribution in [0, 0.1) is 11.3 Å². The van der Waals surface area contributed by atoms with E-state index >= 15 is 0 Å². The molecule has 5 heteroatoms. The van der Waals surface area contributed by atoms with Crippen LogP contribution >= 0.6 is 11.6 Å². The summed E-state index contributed by atoms with van der Waals surface area (Å²) in [6.07, 6.45) is 0. The minimum absolute atomic E-state index is 0.491. The molecular weight excluding hydrogens is 236 g/mol. The molecule has 1 aliphatic rings. The van der Waals surface area contributed by atoms with Crippen LogP contribution in [0.4, 0.5) is 0 Å². The van der Waals surface area contributed by atoms with Crippen LogP contribution in [-0.2, 0) is 13.1 Å². The first kappa shape index (κ1) is 10.3. The van der Waals surface area contributed by atoms with Gasteiger partial charge >= 0.3 is 0 Å². The number of fused-ring (bicyclic) bond motifs is 1. The van der Waals surface area contributed by atoms with Gasteiger partial charge in [-0.15, -0.1) is 0 Å². The van der Waals surface area contributed by atoms with Gasteiger partial charge in [0.05, 0.1) is 11.4 Å². The number of nitrogens with zero attached hydrogens (tertiary/aromatic N) is 3. The SMILES string of the molecule is N#Cc1nn(-c2cccc(Cl)c2)c2c1CNC2. The minimum Gasteiger partial charge on any atom is -0.307 e. The van der Waals surface area contributed by atoms with E-state index in [0.29, 0.717) is 17.3 Å². The smallest absolute Gasteiger partial charge is 0.167 e. The fraction of sp³-hybridized carbons (Fsp3) is 0.167. The average Bonchev–Trinajstić information content (AvgIpc) is 2.89. The van der Waals surface area contributed by atoms with Crippen molar-refractivity contribution in [2.45, 2.75) is 13.1 Å². The van der Waals surface area contributed by atoms with Gasteiger partial charge in [0.1, 0.15) is 6.07 Å². The summed E-state index contributed by atoms with van der Waals surface area (Å²) in [5, 5.41) is 17.2. The van der Waals surface area contributed by atoms with Crippen LogP contribution in [0.1, 0.15) is 17.0 Å². The van der Waals surface area contributed by atoms with E-state index < -0.39 is 0 Å². The van der Waals surface area contributed by atoms with Gasteiger partial charge in [-0.05, 0) is 18.2 Å². The lowest BCUT2D eigenvalue weighted by Gasteiger charge is -2.05. The topological polar surface area (TPSA) is 53.6 Å². The van der Waals surface area contributed by atoms with Gasteiger partial charge in [0.2, 0.25) is 0 Å². The molecule has 84 valence electrons. The van der Waals surface area contributed by atoms with E-state index in [1.165, 1.54) is 0 Å². The van der Waals surface area contributed by atoms with E-state index in [9.17, 15) is 0 Å². The third-order valence-electron chi connectivity index (χ3n) is 2.84. The fourth-order valence-electron chi connectivity index (χ4n) is 2.07. The van der Waals surface area contributed by atoms with Gasteiger partial charge in [-0.2, -0.15) is 10.4 Å². The van der Waals surface area contributed by atoms with Crippen molar-refractivity contribution >= 4 is 11.6 Å². The molecule has 1 aromatic heterocycles. The molecule has 1 aliphatic heterocycles. The quantitative estimate of drug-likeness (QED) is 0.835. The first-order valence-corrected chi connectivity index (χ1v) is 5.65. The average molecular weight is 245 g/mol. The molecule has 0 atom stereocenters. The summed E-state index contributed by atoms with van der Waals surface area (Å²) < 4.78 is 1.79. The van der Waals surface area contributed by atoms with Gasteiger partial charge in [-0.25, -0.2) is 4.68 Å². The van der Waals surface area contributed by atoms with Gasteiger partial charge in [0.15, 0.2) is 5.69 Å². The number of hydrogen-bond acceptors (Lipinski definition) is 3. The van der Waals surface area contributed by atoms with Crippen molar-refractivity contribution in [2.75, 3.05) is 0 Å². The predicted molar refractivity (Wildman–Crippen MR) is 63.8 cm³/mol. The maximum absolute atomic E-state index is 9.04. The molecule has 3 rings (SSSR count). The monoisotopic (exact) mass is 244 g/mol. The molecule has 4 nitrogen and oxygen atoms in total. The van der Waals surface area contributed by atoms with Gasteiger partial charge in [0.25, 0.3) is 0 Å². The molecule has 0 saturated heterocycles. The maximum atomic E-state index is 9.04. The zero-order valence-corrected chi connectivity index (χ0v) is 9.70. The van der Waals surface area contributed by atoms with E-state index in [2.05, 4.69) is 16.5 Å². The molecule has 0 saturated carbocycles. The maximum Gasteiger partial charge on any atom is 0.167 e. The van der Waals surface area contributed by atoms with Crippen molar-refractivity contribution in [2.24, 2.45) is 0 Å². The summed E-state index contributed by atoms with van der Waals surface area (Å²) in [5.74, 6) is 0. The molecule has 0 unspecified atom stereocenters.